The van der Waals surface area contributed by atoms with Crippen molar-refractivity contribution in [3.8, 4) is 0 Å². The molecule has 1 aromatic carbocycles. The Balaban J connectivity index is 2.18. The summed E-state index contributed by atoms with van der Waals surface area (Å²) in [5.74, 6) is 1.53. The fourth-order valence-corrected chi connectivity index (χ4v) is 4.53. The molecule has 0 bridgehead atoms. The van der Waals surface area contributed by atoms with Crippen molar-refractivity contribution < 1.29 is 8.42 Å². The van der Waals surface area contributed by atoms with Gasteiger partial charge in [0.05, 0.1) is 4.90 Å². The molecule has 0 unspecified atom stereocenters. The van der Waals surface area contributed by atoms with Crippen molar-refractivity contribution >= 4 is 10.0 Å². The molecule has 20 heavy (non-hydrogen) atoms. The van der Waals surface area contributed by atoms with Gasteiger partial charge in [-0.05, 0) is 42.7 Å². The van der Waals surface area contributed by atoms with Crippen LogP contribution in [0.1, 0.15) is 40.0 Å². The monoisotopic (exact) mass is 295 g/mol. The standard InChI is InChI=1S/C16H25NO2S/c1-12(2)15-10-9-13(3)11-16(15)17-20(18,19)14-7-5-4-6-8-14/h4-8,12-13,15-17H,9-11H2,1-3H3/t13-,15+,16+/m1/s1. The predicted octanol–water partition coefficient (Wildman–Crippen LogP) is 3.43. The molecule has 0 saturated heterocycles. The third-order valence-electron chi connectivity index (χ3n) is 4.38. The lowest BCUT2D eigenvalue weighted by molar-refractivity contribution is 0.188. The van der Waals surface area contributed by atoms with Crippen molar-refractivity contribution in [3.05, 3.63) is 30.3 Å². The Bertz CT molecular complexity index is 525. The minimum absolute atomic E-state index is 0.0592. The van der Waals surface area contributed by atoms with Crippen LogP contribution in [0.3, 0.4) is 0 Å². The molecule has 1 N–H and O–H groups in total. The summed E-state index contributed by atoms with van der Waals surface area (Å²) >= 11 is 0. The molecule has 1 saturated carbocycles. The van der Waals surface area contributed by atoms with Crippen molar-refractivity contribution in [2.45, 2.75) is 51.0 Å². The largest absolute Gasteiger partial charge is 0.240 e. The lowest BCUT2D eigenvalue weighted by Crippen LogP contribution is -2.45. The van der Waals surface area contributed by atoms with Gasteiger partial charge in [-0.3, -0.25) is 0 Å². The highest BCUT2D eigenvalue weighted by Crippen LogP contribution is 2.34. The lowest BCUT2D eigenvalue weighted by atomic mass is 9.74. The van der Waals surface area contributed by atoms with Gasteiger partial charge in [0.1, 0.15) is 0 Å². The molecule has 0 spiro atoms. The number of sulfonamides is 1. The Morgan fingerprint density at radius 3 is 2.40 bits per heavy atom. The van der Waals surface area contributed by atoms with Gasteiger partial charge in [0.2, 0.25) is 10.0 Å². The van der Waals surface area contributed by atoms with Gasteiger partial charge in [-0.1, -0.05) is 45.4 Å². The van der Waals surface area contributed by atoms with Gasteiger partial charge in [-0.15, -0.1) is 0 Å². The minimum atomic E-state index is -3.40. The average Bonchev–Trinajstić information content (AvgIpc) is 2.39. The summed E-state index contributed by atoms with van der Waals surface area (Å²) in [6.07, 6.45) is 3.25. The smallest absolute Gasteiger partial charge is 0.208 e. The van der Waals surface area contributed by atoms with Gasteiger partial charge in [-0.25, -0.2) is 13.1 Å². The zero-order valence-electron chi connectivity index (χ0n) is 12.5. The molecule has 0 radical (unpaired) electrons. The van der Waals surface area contributed by atoms with Crippen molar-refractivity contribution in [2.24, 2.45) is 17.8 Å². The van der Waals surface area contributed by atoms with Crippen LogP contribution in [0.15, 0.2) is 35.2 Å². The number of rotatable bonds is 4. The first kappa shape index (κ1) is 15.5. The molecule has 1 aliphatic carbocycles. The maximum absolute atomic E-state index is 12.5. The summed E-state index contributed by atoms with van der Waals surface area (Å²) in [4.78, 5) is 0.362. The van der Waals surface area contributed by atoms with Gasteiger partial charge in [-0.2, -0.15) is 0 Å². The van der Waals surface area contributed by atoms with E-state index in [1.165, 1.54) is 6.42 Å². The summed E-state index contributed by atoms with van der Waals surface area (Å²) in [6, 6.07) is 8.72. The maximum Gasteiger partial charge on any atom is 0.240 e. The zero-order valence-corrected chi connectivity index (χ0v) is 13.4. The number of hydrogen-bond acceptors (Lipinski definition) is 2. The Hall–Kier alpha value is -0.870. The Labute approximate surface area is 122 Å². The molecule has 0 aromatic heterocycles. The number of benzene rings is 1. The molecule has 1 aliphatic rings. The highest BCUT2D eigenvalue weighted by Gasteiger charge is 2.33. The van der Waals surface area contributed by atoms with Crippen molar-refractivity contribution in [1.82, 2.24) is 4.72 Å². The second-order valence-electron chi connectivity index (χ2n) is 6.37. The zero-order chi connectivity index (χ0) is 14.8. The number of hydrogen-bond donors (Lipinski definition) is 1. The van der Waals surface area contributed by atoms with Crippen LogP contribution < -0.4 is 4.72 Å². The van der Waals surface area contributed by atoms with Crippen LogP contribution >= 0.6 is 0 Å². The summed E-state index contributed by atoms with van der Waals surface area (Å²) in [5, 5.41) is 0. The molecule has 0 aliphatic heterocycles. The van der Waals surface area contributed by atoms with E-state index in [2.05, 4.69) is 25.5 Å². The third-order valence-corrected chi connectivity index (χ3v) is 5.89. The average molecular weight is 295 g/mol. The minimum Gasteiger partial charge on any atom is -0.208 e. The van der Waals surface area contributed by atoms with E-state index in [-0.39, 0.29) is 6.04 Å². The van der Waals surface area contributed by atoms with Gasteiger partial charge < -0.3 is 0 Å². The second-order valence-corrected chi connectivity index (χ2v) is 8.08. The third kappa shape index (κ3) is 3.61. The molecule has 2 rings (SSSR count). The summed E-state index contributed by atoms with van der Waals surface area (Å²) in [6.45, 7) is 6.58. The van der Waals surface area contributed by atoms with Gasteiger partial charge in [0, 0.05) is 6.04 Å². The molecular formula is C16H25NO2S. The number of nitrogens with one attached hydrogen (secondary N) is 1. The van der Waals surface area contributed by atoms with Crippen molar-refractivity contribution in [1.29, 1.82) is 0 Å². The molecular weight excluding hydrogens is 270 g/mol. The van der Waals surface area contributed by atoms with Crippen LogP contribution in [0.25, 0.3) is 0 Å². The quantitative estimate of drug-likeness (QED) is 0.925. The van der Waals surface area contributed by atoms with Crippen molar-refractivity contribution in [2.75, 3.05) is 0 Å². The topological polar surface area (TPSA) is 46.2 Å². The molecule has 0 amide bonds. The Morgan fingerprint density at radius 2 is 1.80 bits per heavy atom. The van der Waals surface area contributed by atoms with Crippen LogP contribution in [0.2, 0.25) is 0 Å². The highest BCUT2D eigenvalue weighted by atomic mass is 32.2. The Morgan fingerprint density at radius 1 is 1.15 bits per heavy atom. The normalized spacial score (nSPS) is 27.7. The lowest BCUT2D eigenvalue weighted by Gasteiger charge is -2.37. The van der Waals surface area contributed by atoms with Gasteiger partial charge in [0.25, 0.3) is 0 Å². The highest BCUT2D eigenvalue weighted by molar-refractivity contribution is 7.89. The van der Waals surface area contributed by atoms with E-state index in [4.69, 9.17) is 0 Å². The van der Waals surface area contributed by atoms with Crippen LogP contribution in [-0.4, -0.2) is 14.5 Å². The fourth-order valence-electron chi connectivity index (χ4n) is 3.20. The molecule has 4 heteroatoms. The first-order chi connectivity index (χ1) is 9.40. The first-order valence-electron chi connectivity index (χ1n) is 7.47. The molecule has 0 heterocycles. The van der Waals surface area contributed by atoms with E-state index in [1.54, 1.807) is 24.3 Å². The van der Waals surface area contributed by atoms with E-state index in [1.807, 2.05) is 6.07 Å². The van der Waals surface area contributed by atoms with Crippen LogP contribution in [0, 0.1) is 17.8 Å². The van der Waals surface area contributed by atoms with Crippen LogP contribution in [0.4, 0.5) is 0 Å². The van der Waals surface area contributed by atoms with Crippen LogP contribution in [-0.2, 0) is 10.0 Å². The SMILES string of the molecule is CC(C)[C@@H]1CC[C@@H](C)C[C@@H]1NS(=O)(=O)c1ccccc1. The summed E-state index contributed by atoms with van der Waals surface area (Å²) in [5.41, 5.74) is 0. The predicted molar refractivity (Wildman–Crippen MR) is 81.9 cm³/mol. The first-order valence-corrected chi connectivity index (χ1v) is 8.96. The fraction of sp³-hybridized carbons (Fsp3) is 0.625. The summed E-state index contributed by atoms with van der Waals surface area (Å²) < 4.78 is 27.9. The maximum atomic E-state index is 12.5. The van der Waals surface area contributed by atoms with Gasteiger partial charge >= 0.3 is 0 Å². The molecule has 3 nitrogen and oxygen atoms in total. The molecule has 1 fully saturated rings. The van der Waals surface area contributed by atoms with E-state index >= 15 is 0 Å². The van der Waals surface area contributed by atoms with Crippen molar-refractivity contribution in [3.63, 3.8) is 0 Å². The summed E-state index contributed by atoms with van der Waals surface area (Å²) in [7, 11) is -3.40. The Kier molecular flexibility index (Phi) is 4.86. The second kappa shape index (κ2) is 6.27. The van der Waals surface area contributed by atoms with E-state index in [9.17, 15) is 8.42 Å². The molecule has 112 valence electrons. The van der Waals surface area contributed by atoms with Gasteiger partial charge in [0.15, 0.2) is 0 Å². The van der Waals surface area contributed by atoms with Crippen LogP contribution in [0.5, 0.6) is 0 Å². The molecule has 1 aromatic rings. The molecule has 3 atom stereocenters. The van der Waals surface area contributed by atoms with E-state index < -0.39 is 10.0 Å². The van der Waals surface area contributed by atoms with E-state index in [0.717, 1.165) is 12.8 Å². The van der Waals surface area contributed by atoms with E-state index in [0.29, 0.717) is 22.6 Å².